The van der Waals surface area contributed by atoms with E-state index in [4.69, 9.17) is 18.5 Å². The van der Waals surface area contributed by atoms with E-state index in [-0.39, 0.29) is 19.8 Å². The molecule has 2 N–H and O–H groups in total. The van der Waals surface area contributed by atoms with Crippen LogP contribution in [-0.4, -0.2) is 37.6 Å². The van der Waals surface area contributed by atoms with Crippen LogP contribution in [0.25, 0.3) is 0 Å². The van der Waals surface area contributed by atoms with Crippen LogP contribution in [-0.2, 0) is 29.8 Å². The van der Waals surface area contributed by atoms with Gasteiger partial charge in [-0.2, -0.15) is 0 Å². The molecule has 1 rings (SSSR count). The normalized spacial score (nSPS) is 12.3. The molecule has 0 saturated carbocycles. The molecule has 1 aromatic carbocycles. The van der Waals surface area contributed by atoms with Crippen molar-refractivity contribution >= 4 is 31.3 Å². The first kappa shape index (κ1) is 21.5. The number of nitrogens with one attached hydrogen (secondary N) is 2. The quantitative estimate of drug-likeness (QED) is 0.241. The lowest BCUT2D eigenvalue weighted by atomic mass is 10.2. The van der Waals surface area contributed by atoms with E-state index in [2.05, 4.69) is 23.1 Å². The van der Waals surface area contributed by atoms with Gasteiger partial charge in [-0.15, -0.1) is 0 Å². The number of carbonyl (C=O) groups is 1. The van der Waals surface area contributed by atoms with E-state index in [1.54, 1.807) is 45.2 Å². The molecule has 0 aliphatic heterocycles. The van der Waals surface area contributed by atoms with Crippen molar-refractivity contribution in [3.63, 3.8) is 0 Å². The van der Waals surface area contributed by atoms with Gasteiger partial charge in [-0.25, -0.2) is 10.2 Å². The fourth-order valence-corrected chi connectivity index (χ4v) is 3.61. The number of hydrogen-bond donors (Lipinski definition) is 2. The molecule has 0 saturated heterocycles. The maximum atomic E-state index is 12.8. The van der Waals surface area contributed by atoms with Crippen molar-refractivity contribution in [3.05, 3.63) is 29.8 Å². The molecule has 8 nitrogen and oxygen atoms in total. The summed E-state index contributed by atoms with van der Waals surface area (Å²) in [5.74, 6) is -1.45. The second-order valence-corrected chi connectivity index (χ2v) is 6.99. The standard InChI is InChI=1S/C15H23N2O6PS/c1-4-22-24(19,23-5-2)14(17-16-11-25)15(18)21-10-12-6-8-13(20-3)9-7-12/h6-9,11,14,17H,4-5,10H2,1-3H3,(H,16,25). The van der Waals surface area contributed by atoms with Gasteiger partial charge in [-0.05, 0) is 31.5 Å². The number of esters is 1. The van der Waals surface area contributed by atoms with Gasteiger partial charge in [0.05, 0.1) is 25.8 Å². The van der Waals surface area contributed by atoms with Crippen molar-refractivity contribution in [1.82, 2.24) is 10.9 Å². The fraction of sp³-hybridized carbons (Fsp3) is 0.467. The van der Waals surface area contributed by atoms with E-state index in [0.717, 1.165) is 11.1 Å². The van der Waals surface area contributed by atoms with Crippen LogP contribution in [0.1, 0.15) is 19.4 Å². The Morgan fingerprint density at radius 3 is 2.32 bits per heavy atom. The molecule has 140 valence electrons. The van der Waals surface area contributed by atoms with Gasteiger partial charge < -0.3 is 23.9 Å². The number of ether oxygens (including phenoxy) is 2. The summed E-state index contributed by atoms with van der Waals surface area (Å²) in [4.78, 5) is 12.4. The summed E-state index contributed by atoms with van der Waals surface area (Å²) in [6, 6.07) is 7.01. The van der Waals surface area contributed by atoms with Gasteiger partial charge in [0.25, 0.3) is 0 Å². The second-order valence-electron chi connectivity index (χ2n) is 4.64. The lowest BCUT2D eigenvalue weighted by Crippen LogP contribution is -2.46. The molecule has 0 radical (unpaired) electrons. The van der Waals surface area contributed by atoms with E-state index >= 15 is 0 Å². The van der Waals surface area contributed by atoms with Gasteiger partial charge in [0.2, 0.25) is 5.78 Å². The van der Waals surface area contributed by atoms with Crippen LogP contribution in [0.4, 0.5) is 0 Å². The minimum atomic E-state index is -3.78. The molecular weight excluding hydrogens is 367 g/mol. The third kappa shape index (κ3) is 6.72. The summed E-state index contributed by atoms with van der Waals surface area (Å²) in [7, 11) is -2.22. The third-order valence-corrected chi connectivity index (χ3v) is 5.30. The minimum absolute atomic E-state index is 0.00313. The molecule has 0 heterocycles. The number of hydrazine groups is 1. The molecule has 0 aromatic heterocycles. The first-order valence-electron chi connectivity index (χ1n) is 7.63. The van der Waals surface area contributed by atoms with Gasteiger partial charge in [0.15, 0.2) is 0 Å². The van der Waals surface area contributed by atoms with Crippen molar-refractivity contribution in [2.75, 3.05) is 20.3 Å². The smallest absolute Gasteiger partial charge is 0.360 e. The van der Waals surface area contributed by atoms with E-state index in [9.17, 15) is 9.36 Å². The summed E-state index contributed by atoms with van der Waals surface area (Å²) in [5.41, 5.74) is 6.85. The Bertz CT molecular complexity index is 588. The van der Waals surface area contributed by atoms with Crippen LogP contribution in [0.2, 0.25) is 0 Å². The first-order valence-corrected chi connectivity index (χ1v) is 9.72. The van der Waals surface area contributed by atoms with Crippen molar-refractivity contribution in [2.45, 2.75) is 26.2 Å². The zero-order chi connectivity index (χ0) is 18.7. The van der Waals surface area contributed by atoms with Crippen LogP contribution >= 0.6 is 19.8 Å². The molecule has 0 bridgehead atoms. The molecule has 0 amide bonds. The highest BCUT2D eigenvalue weighted by molar-refractivity contribution is 7.78. The summed E-state index contributed by atoms with van der Waals surface area (Å²) >= 11 is 4.64. The van der Waals surface area contributed by atoms with E-state index in [1.807, 2.05) is 0 Å². The number of carbonyl (C=O) groups excluding carboxylic acids is 1. The summed E-state index contributed by atoms with van der Waals surface area (Å²) in [6.45, 7) is 3.52. The zero-order valence-electron chi connectivity index (χ0n) is 14.4. The first-order chi connectivity index (χ1) is 12.0. The number of rotatable bonds is 12. The van der Waals surface area contributed by atoms with Crippen LogP contribution in [0.3, 0.4) is 0 Å². The molecular formula is C15H23N2O6PS. The lowest BCUT2D eigenvalue weighted by Gasteiger charge is -2.25. The van der Waals surface area contributed by atoms with Crippen molar-refractivity contribution in [2.24, 2.45) is 0 Å². The average molecular weight is 390 g/mol. The molecule has 1 atom stereocenters. The molecule has 1 aromatic rings. The molecule has 0 aliphatic rings. The average Bonchev–Trinajstić information content (AvgIpc) is 2.61. The van der Waals surface area contributed by atoms with Gasteiger partial charge in [0, 0.05) is 0 Å². The Morgan fingerprint density at radius 2 is 1.84 bits per heavy atom. The third-order valence-electron chi connectivity index (χ3n) is 2.98. The highest BCUT2D eigenvalue weighted by atomic mass is 32.1. The number of methoxy groups -OCH3 is 1. The van der Waals surface area contributed by atoms with Crippen molar-refractivity contribution < 1.29 is 27.9 Å². The zero-order valence-corrected chi connectivity index (χ0v) is 16.1. The number of benzene rings is 1. The largest absolute Gasteiger partial charge is 0.497 e. The Morgan fingerprint density at radius 1 is 1.24 bits per heavy atom. The van der Waals surface area contributed by atoms with Gasteiger partial charge in [-0.3, -0.25) is 4.57 Å². The highest BCUT2D eigenvalue weighted by Gasteiger charge is 2.42. The summed E-state index contributed by atoms with van der Waals surface area (Å²) < 4.78 is 33.5. The summed E-state index contributed by atoms with van der Waals surface area (Å²) in [6.07, 6.45) is 0. The van der Waals surface area contributed by atoms with Crippen molar-refractivity contribution in [1.29, 1.82) is 0 Å². The van der Waals surface area contributed by atoms with Crippen LogP contribution in [0.5, 0.6) is 5.75 Å². The van der Waals surface area contributed by atoms with Crippen LogP contribution in [0.15, 0.2) is 24.3 Å². The molecule has 1 unspecified atom stereocenters. The second kappa shape index (κ2) is 11.2. The molecule has 0 aliphatic carbocycles. The minimum Gasteiger partial charge on any atom is -0.497 e. The number of thiocarbonyl (C=S) groups is 1. The fourth-order valence-electron chi connectivity index (χ4n) is 1.88. The molecule has 10 heteroatoms. The molecule has 0 fully saturated rings. The Hall–Kier alpha value is -1.51. The van der Waals surface area contributed by atoms with Crippen LogP contribution < -0.4 is 15.6 Å². The van der Waals surface area contributed by atoms with Gasteiger partial charge in [0.1, 0.15) is 12.4 Å². The maximum absolute atomic E-state index is 12.8. The summed E-state index contributed by atoms with van der Waals surface area (Å²) in [5, 5.41) is 0. The van der Waals surface area contributed by atoms with Gasteiger partial charge in [-0.1, -0.05) is 24.4 Å². The van der Waals surface area contributed by atoms with Gasteiger partial charge >= 0.3 is 13.6 Å². The Kier molecular flexibility index (Phi) is 9.62. The van der Waals surface area contributed by atoms with E-state index in [0.29, 0.717) is 5.75 Å². The lowest BCUT2D eigenvalue weighted by molar-refractivity contribution is -0.145. The SMILES string of the molecule is CCOP(=O)(OCC)C(NNC=S)C(=O)OCc1ccc(OC)cc1. The Labute approximate surface area is 152 Å². The molecule has 25 heavy (non-hydrogen) atoms. The highest BCUT2D eigenvalue weighted by Crippen LogP contribution is 2.52. The predicted octanol–water partition coefficient (Wildman–Crippen LogP) is 2.38. The predicted molar refractivity (Wildman–Crippen MR) is 97.4 cm³/mol. The van der Waals surface area contributed by atoms with E-state index in [1.165, 1.54) is 0 Å². The molecule has 0 spiro atoms. The van der Waals surface area contributed by atoms with Crippen molar-refractivity contribution in [3.8, 4) is 5.75 Å². The monoisotopic (exact) mass is 390 g/mol. The van der Waals surface area contributed by atoms with Crippen LogP contribution in [0, 0.1) is 0 Å². The topological polar surface area (TPSA) is 95.1 Å². The Balaban J connectivity index is 2.83. The maximum Gasteiger partial charge on any atom is 0.360 e. The van der Waals surface area contributed by atoms with E-state index < -0.39 is 19.3 Å². The number of hydrogen-bond acceptors (Lipinski definition) is 8.